The third-order valence-corrected chi connectivity index (χ3v) is 4.71. The van der Waals surface area contributed by atoms with Crippen molar-refractivity contribution in [1.82, 2.24) is 14.9 Å². The molecule has 3 rings (SSSR count). The Balaban J connectivity index is 1.88. The van der Waals surface area contributed by atoms with Crippen LogP contribution in [0.5, 0.6) is 17.2 Å². The Labute approximate surface area is 180 Å². The van der Waals surface area contributed by atoms with Gasteiger partial charge in [-0.15, -0.1) is 0 Å². The van der Waals surface area contributed by atoms with Gasteiger partial charge in [-0.2, -0.15) is 0 Å². The normalized spacial score (nSPS) is 11.9. The maximum Gasteiger partial charge on any atom is 0.244 e. The molecule has 0 saturated heterocycles. The maximum absolute atomic E-state index is 13.9. The van der Waals surface area contributed by atoms with Crippen LogP contribution in [-0.2, 0) is 11.8 Å². The molecule has 162 valence electrons. The molecule has 1 amide bonds. The van der Waals surface area contributed by atoms with E-state index in [1.165, 1.54) is 31.4 Å². The average molecular weight is 425 g/mol. The number of rotatable bonds is 8. The van der Waals surface area contributed by atoms with Crippen LogP contribution >= 0.6 is 0 Å². The van der Waals surface area contributed by atoms with Crippen molar-refractivity contribution < 1.29 is 23.4 Å². The Morgan fingerprint density at radius 2 is 1.81 bits per heavy atom. The summed E-state index contributed by atoms with van der Waals surface area (Å²) in [6.07, 6.45) is 6.32. The Hall–Kier alpha value is -3.81. The molecule has 31 heavy (non-hydrogen) atoms. The first kappa shape index (κ1) is 21.9. The summed E-state index contributed by atoms with van der Waals surface area (Å²) in [7, 11) is 6.36. The van der Waals surface area contributed by atoms with E-state index in [0.717, 1.165) is 5.56 Å². The van der Waals surface area contributed by atoms with Crippen LogP contribution in [0.25, 0.3) is 6.08 Å². The second kappa shape index (κ2) is 9.80. The Bertz CT molecular complexity index is 1070. The van der Waals surface area contributed by atoms with Crippen molar-refractivity contribution in [2.24, 2.45) is 7.05 Å². The summed E-state index contributed by atoms with van der Waals surface area (Å²) in [5.41, 5.74) is 1.27. The van der Waals surface area contributed by atoms with Crippen LogP contribution in [0.4, 0.5) is 4.39 Å². The quantitative estimate of drug-likeness (QED) is 0.559. The smallest absolute Gasteiger partial charge is 0.244 e. The molecule has 0 aliphatic carbocycles. The molecule has 1 unspecified atom stereocenters. The first-order valence-corrected chi connectivity index (χ1v) is 9.47. The second-order valence-corrected chi connectivity index (χ2v) is 6.71. The number of benzene rings is 2. The van der Waals surface area contributed by atoms with E-state index in [4.69, 9.17) is 14.2 Å². The number of aryl methyl sites for hydroxylation is 1. The number of hydrogen-bond acceptors (Lipinski definition) is 5. The molecule has 7 nitrogen and oxygen atoms in total. The zero-order valence-electron chi connectivity index (χ0n) is 17.8. The molecule has 8 heteroatoms. The molecule has 0 radical (unpaired) electrons. The SMILES string of the molecule is COc1cc(OC)cc(C(NC(=O)/C=C/c2ccc(OC)c(F)c2)c2nccn2C)c1. The number of methoxy groups -OCH3 is 3. The highest BCUT2D eigenvalue weighted by Crippen LogP contribution is 2.29. The van der Waals surface area contributed by atoms with E-state index in [-0.39, 0.29) is 11.7 Å². The Morgan fingerprint density at radius 1 is 1.10 bits per heavy atom. The minimum atomic E-state index is -0.561. The number of amides is 1. The summed E-state index contributed by atoms with van der Waals surface area (Å²) in [5.74, 6) is 1.08. The van der Waals surface area contributed by atoms with Crippen molar-refractivity contribution in [3.05, 3.63) is 77.6 Å². The fraction of sp³-hybridized carbons (Fsp3) is 0.217. The standard InChI is InChI=1S/C23H24FN3O4/c1-27-10-9-25-23(27)22(16-12-17(29-2)14-18(13-16)30-3)26-21(28)8-6-15-5-7-20(31-4)19(24)11-15/h5-14,22H,1-4H3,(H,26,28)/b8-6+. The molecule has 1 N–H and O–H groups in total. The van der Waals surface area contributed by atoms with Gasteiger partial charge < -0.3 is 24.1 Å². The molecule has 1 aromatic heterocycles. The average Bonchev–Trinajstić information content (AvgIpc) is 3.21. The van der Waals surface area contributed by atoms with Gasteiger partial charge in [0.25, 0.3) is 0 Å². The molecular formula is C23H24FN3O4. The summed E-state index contributed by atoms with van der Waals surface area (Å²) in [6.45, 7) is 0. The molecule has 2 aromatic carbocycles. The molecule has 0 bridgehead atoms. The van der Waals surface area contributed by atoms with Crippen molar-refractivity contribution in [3.63, 3.8) is 0 Å². The second-order valence-electron chi connectivity index (χ2n) is 6.71. The topological polar surface area (TPSA) is 74.6 Å². The molecule has 1 heterocycles. The lowest BCUT2D eigenvalue weighted by Crippen LogP contribution is -2.29. The lowest BCUT2D eigenvalue weighted by atomic mass is 10.0. The van der Waals surface area contributed by atoms with E-state index in [9.17, 15) is 9.18 Å². The molecule has 0 aliphatic heterocycles. The van der Waals surface area contributed by atoms with Gasteiger partial charge in [0.2, 0.25) is 5.91 Å². The summed E-state index contributed by atoms with van der Waals surface area (Å²) in [6, 6.07) is 9.27. The summed E-state index contributed by atoms with van der Waals surface area (Å²) >= 11 is 0. The summed E-state index contributed by atoms with van der Waals surface area (Å²) < 4.78 is 31.3. The number of nitrogens with zero attached hydrogens (tertiary/aromatic N) is 2. The van der Waals surface area contributed by atoms with Gasteiger partial charge >= 0.3 is 0 Å². The van der Waals surface area contributed by atoms with Crippen LogP contribution in [0, 0.1) is 5.82 Å². The van der Waals surface area contributed by atoms with E-state index >= 15 is 0 Å². The van der Waals surface area contributed by atoms with Gasteiger partial charge in [0.05, 0.1) is 21.3 Å². The maximum atomic E-state index is 13.9. The highest BCUT2D eigenvalue weighted by atomic mass is 19.1. The Morgan fingerprint density at radius 3 is 2.35 bits per heavy atom. The van der Waals surface area contributed by atoms with Crippen molar-refractivity contribution in [1.29, 1.82) is 0 Å². The molecule has 0 fully saturated rings. The predicted octanol–water partition coefficient (Wildman–Crippen LogP) is 3.50. The minimum Gasteiger partial charge on any atom is -0.497 e. The molecule has 3 aromatic rings. The highest BCUT2D eigenvalue weighted by molar-refractivity contribution is 5.92. The number of carbonyl (C=O) groups is 1. The van der Waals surface area contributed by atoms with Gasteiger partial charge in [0.15, 0.2) is 11.6 Å². The summed E-state index contributed by atoms with van der Waals surface area (Å²) in [4.78, 5) is 17.1. The molecule has 0 saturated carbocycles. The van der Waals surface area contributed by atoms with E-state index in [0.29, 0.717) is 22.9 Å². The largest absolute Gasteiger partial charge is 0.497 e. The third-order valence-electron chi connectivity index (χ3n) is 4.71. The lowest BCUT2D eigenvalue weighted by Gasteiger charge is -2.20. The van der Waals surface area contributed by atoms with Crippen molar-refractivity contribution in [3.8, 4) is 17.2 Å². The first-order valence-electron chi connectivity index (χ1n) is 9.47. The number of ether oxygens (including phenoxy) is 3. The first-order chi connectivity index (χ1) is 14.9. The number of hydrogen-bond donors (Lipinski definition) is 1. The number of halogens is 1. The van der Waals surface area contributed by atoms with Gasteiger partial charge in [0.1, 0.15) is 23.4 Å². The number of carbonyl (C=O) groups excluding carboxylic acids is 1. The number of imidazole rings is 1. The zero-order chi connectivity index (χ0) is 22.4. The van der Waals surface area contributed by atoms with Crippen LogP contribution < -0.4 is 19.5 Å². The zero-order valence-corrected chi connectivity index (χ0v) is 17.8. The fourth-order valence-corrected chi connectivity index (χ4v) is 3.10. The van der Waals surface area contributed by atoms with Gasteiger partial charge in [-0.3, -0.25) is 4.79 Å². The van der Waals surface area contributed by atoms with Gasteiger partial charge in [-0.25, -0.2) is 9.37 Å². The van der Waals surface area contributed by atoms with Crippen LogP contribution in [-0.4, -0.2) is 36.8 Å². The van der Waals surface area contributed by atoms with Crippen molar-refractivity contribution in [2.45, 2.75) is 6.04 Å². The van der Waals surface area contributed by atoms with Crippen LogP contribution in [0.2, 0.25) is 0 Å². The van der Waals surface area contributed by atoms with Crippen molar-refractivity contribution >= 4 is 12.0 Å². The molecule has 1 atom stereocenters. The van der Waals surface area contributed by atoms with Crippen LogP contribution in [0.15, 0.2) is 54.9 Å². The van der Waals surface area contributed by atoms with E-state index in [2.05, 4.69) is 10.3 Å². The lowest BCUT2D eigenvalue weighted by molar-refractivity contribution is -0.117. The van der Waals surface area contributed by atoms with Crippen LogP contribution in [0.1, 0.15) is 23.0 Å². The molecular weight excluding hydrogens is 401 g/mol. The summed E-state index contributed by atoms with van der Waals surface area (Å²) in [5, 5.41) is 2.95. The molecule has 0 spiro atoms. The highest BCUT2D eigenvalue weighted by Gasteiger charge is 2.21. The monoisotopic (exact) mass is 425 g/mol. The van der Waals surface area contributed by atoms with E-state index in [1.54, 1.807) is 38.7 Å². The number of nitrogens with one attached hydrogen (secondary N) is 1. The third kappa shape index (κ3) is 5.22. The van der Waals surface area contributed by atoms with Crippen molar-refractivity contribution in [2.75, 3.05) is 21.3 Å². The minimum absolute atomic E-state index is 0.142. The van der Waals surface area contributed by atoms with E-state index < -0.39 is 11.9 Å². The van der Waals surface area contributed by atoms with Gasteiger partial charge in [-0.05, 0) is 41.5 Å². The number of aromatic nitrogens is 2. The van der Waals surface area contributed by atoms with E-state index in [1.807, 2.05) is 23.7 Å². The Kier molecular flexibility index (Phi) is 6.92. The van der Waals surface area contributed by atoms with Crippen LogP contribution in [0.3, 0.4) is 0 Å². The predicted molar refractivity (Wildman–Crippen MR) is 115 cm³/mol. The van der Waals surface area contributed by atoms with Gasteiger partial charge in [0, 0.05) is 31.6 Å². The van der Waals surface area contributed by atoms with Gasteiger partial charge in [-0.1, -0.05) is 6.07 Å². The fourth-order valence-electron chi connectivity index (χ4n) is 3.10. The molecule has 0 aliphatic rings.